The lowest BCUT2D eigenvalue weighted by atomic mass is 10.0. The Morgan fingerprint density at radius 3 is 2.71 bits per heavy atom. The van der Waals surface area contributed by atoms with Crippen molar-refractivity contribution in [3.63, 3.8) is 0 Å². The summed E-state index contributed by atoms with van der Waals surface area (Å²) in [6, 6.07) is 8.12. The first kappa shape index (κ1) is 15.7. The molecule has 4 heteroatoms. The summed E-state index contributed by atoms with van der Waals surface area (Å²) in [7, 11) is 1.82. The van der Waals surface area contributed by atoms with Crippen LogP contribution in [0.2, 0.25) is 0 Å². The van der Waals surface area contributed by atoms with E-state index in [9.17, 15) is 9.59 Å². The normalized spacial score (nSPS) is 19.2. The van der Waals surface area contributed by atoms with Crippen molar-refractivity contribution in [2.45, 2.75) is 38.8 Å². The minimum absolute atomic E-state index is 0.0734. The van der Waals surface area contributed by atoms with Gasteiger partial charge in [0, 0.05) is 13.6 Å². The fourth-order valence-corrected chi connectivity index (χ4v) is 2.72. The summed E-state index contributed by atoms with van der Waals surface area (Å²) in [5, 5.41) is 0. The first-order valence-electron chi connectivity index (χ1n) is 7.59. The van der Waals surface area contributed by atoms with Crippen LogP contribution < -0.4 is 0 Å². The highest BCUT2D eigenvalue weighted by Gasteiger charge is 2.24. The molecule has 1 aliphatic heterocycles. The standard InChI is InChI=1S/C17H24N2O2/c1-14-6-8-15(9-7-14)11-18(2)17(21)12-19-10-4-3-5-16(19)13-20/h6-9,13,16H,3-5,10-12H2,1-2H3. The van der Waals surface area contributed by atoms with Gasteiger partial charge in [0.25, 0.3) is 0 Å². The van der Waals surface area contributed by atoms with Gasteiger partial charge in [0.15, 0.2) is 0 Å². The summed E-state index contributed by atoms with van der Waals surface area (Å²) in [5.74, 6) is 0.0734. The summed E-state index contributed by atoms with van der Waals surface area (Å²) in [5.41, 5.74) is 2.34. The third kappa shape index (κ3) is 4.39. The Bertz CT molecular complexity index is 484. The van der Waals surface area contributed by atoms with Crippen LogP contribution >= 0.6 is 0 Å². The number of hydrogen-bond donors (Lipinski definition) is 0. The number of aldehydes is 1. The van der Waals surface area contributed by atoms with Gasteiger partial charge in [-0.15, -0.1) is 0 Å². The number of piperidine rings is 1. The summed E-state index contributed by atoms with van der Waals surface area (Å²) in [6.45, 7) is 3.84. The number of aryl methyl sites for hydroxylation is 1. The molecule has 1 atom stereocenters. The van der Waals surface area contributed by atoms with Gasteiger partial charge in [-0.1, -0.05) is 36.2 Å². The molecule has 21 heavy (non-hydrogen) atoms. The van der Waals surface area contributed by atoms with Crippen LogP contribution in [0.4, 0.5) is 0 Å². The van der Waals surface area contributed by atoms with Gasteiger partial charge in [-0.3, -0.25) is 9.69 Å². The molecule has 0 radical (unpaired) electrons. The number of hydrogen-bond acceptors (Lipinski definition) is 3. The number of carbonyl (C=O) groups is 2. The van der Waals surface area contributed by atoms with Gasteiger partial charge in [-0.05, 0) is 31.9 Å². The molecule has 1 fully saturated rings. The zero-order valence-electron chi connectivity index (χ0n) is 12.9. The lowest BCUT2D eigenvalue weighted by Gasteiger charge is -2.32. The molecule has 0 aliphatic carbocycles. The van der Waals surface area contributed by atoms with Crippen LogP contribution in [0.3, 0.4) is 0 Å². The second-order valence-corrected chi connectivity index (χ2v) is 5.91. The van der Waals surface area contributed by atoms with Gasteiger partial charge >= 0.3 is 0 Å². The van der Waals surface area contributed by atoms with Gasteiger partial charge < -0.3 is 9.69 Å². The quantitative estimate of drug-likeness (QED) is 0.778. The van der Waals surface area contributed by atoms with Crippen molar-refractivity contribution in [1.82, 2.24) is 9.80 Å². The minimum atomic E-state index is -0.0875. The van der Waals surface area contributed by atoms with E-state index >= 15 is 0 Å². The third-order valence-electron chi connectivity index (χ3n) is 4.13. The Kier molecular flexibility index (Phi) is 5.51. The molecule has 114 valence electrons. The van der Waals surface area contributed by atoms with E-state index in [1.807, 2.05) is 24.1 Å². The van der Waals surface area contributed by atoms with E-state index in [1.165, 1.54) is 5.56 Å². The SMILES string of the molecule is Cc1ccc(CN(C)C(=O)CN2CCCCC2C=O)cc1. The molecule has 4 nitrogen and oxygen atoms in total. The highest BCUT2D eigenvalue weighted by atomic mass is 16.2. The smallest absolute Gasteiger partial charge is 0.236 e. The Morgan fingerprint density at radius 2 is 2.05 bits per heavy atom. The number of amides is 1. The fourth-order valence-electron chi connectivity index (χ4n) is 2.72. The second-order valence-electron chi connectivity index (χ2n) is 5.91. The fraction of sp³-hybridized carbons (Fsp3) is 0.529. The number of carbonyl (C=O) groups excluding carboxylic acids is 2. The molecular weight excluding hydrogens is 264 g/mol. The molecule has 1 amide bonds. The average Bonchev–Trinajstić information content (AvgIpc) is 2.50. The number of likely N-dealkylation sites (tertiary alicyclic amines) is 1. The van der Waals surface area contributed by atoms with Gasteiger partial charge in [0.1, 0.15) is 6.29 Å². The Morgan fingerprint density at radius 1 is 1.33 bits per heavy atom. The first-order chi connectivity index (χ1) is 10.1. The maximum Gasteiger partial charge on any atom is 0.236 e. The number of benzene rings is 1. The van der Waals surface area contributed by atoms with E-state index in [4.69, 9.17) is 0 Å². The number of nitrogens with zero attached hydrogens (tertiary/aromatic N) is 2. The highest BCUT2D eigenvalue weighted by molar-refractivity contribution is 5.78. The van der Waals surface area contributed by atoms with Gasteiger partial charge in [0.05, 0.1) is 12.6 Å². The van der Waals surface area contributed by atoms with Crippen molar-refractivity contribution in [3.05, 3.63) is 35.4 Å². The van der Waals surface area contributed by atoms with E-state index in [0.29, 0.717) is 13.1 Å². The van der Waals surface area contributed by atoms with E-state index in [1.54, 1.807) is 4.90 Å². The second kappa shape index (κ2) is 7.36. The molecule has 0 aromatic heterocycles. The summed E-state index contributed by atoms with van der Waals surface area (Å²) < 4.78 is 0. The van der Waals surface area contributed by atoms with E-state index in [0.717, 1.165) is 37.7 Å². The topological polar surface area (TPSA) is 40.6 Å². The predicted octanol–water partition coefficient (Wildman–Crippen LogP) is 2.01. The van der Waals surface area contributed by atoms with Crippen LogP contribution in [0.1, 0.15) is 30.4 Å². The molecule has 1 unspecified atom stereocenters. The molecular formula is C17H24N2O2. The Hall–Kier alpha value is -1.68. The molecule has 0 N–H and O–H groups in total. The summed E-state index contributed by atoms with van der Waals surface area (Å²) in [4.78, 5) is 27.1. The molecule has 1 aromatic carbocycles. The monoisotopic (exact) mass is 288 g/mol. The third-order valence-corrected chi connectivity index (χ3v) is 4.13. The van der Waals surface area contributed by atoms with Gasteiger partial charge in [-0.2, -0.15) is 0 Å². The number of rotatable bonds is 5. The van der Waals surface area contributed by atoms with Crippen molar-refractivity contribution in [3.8, 4) is 0 Å². The molecule has 1 aliphatic rings. The van der Waals surface area contributed by atoms with Crippen LogP contribution in [0.15, 0.2) is 24.3 Å². The first-order valence-corrected chi connectivity index (χ1v) is 7.59. The van der Waals surface area contributed by atoms with Crippen LogP contribution in [-0.2, 0) is 16.1 Å². The zero-order chi connectivity index (χ0) is 15.2. The van der Waals surface area contributed by atoms with Crippen molar-refractivity contribution >= 4 is 12.2 Å². The van der Waals surface area contributed by atoms with Crippen LogP contribution in [-0.4, -0.2) is 48.2 Å². The van der Waals surface area contributed by atoms with Crippen LogP contribution in [0.5, 0.6) is 0 Å². The minimum Gasteiger partial charge on any atom is -0.340 e. The summed E-state index contributed by atoms with van der Waals surface area (Å²) in [6.07, 6.45) is 4.00. The van der Waals surface area contributed by atoms with Gasteiger partial charge in [-0.25, -0.2) is 0 Å². The molecule has 1 aromatic rings. The lowest BCUT2D eigenvalue weighted by Crippen LogP contribution is -2.46. The predicted molar refractivity (Wildman–Crippen MR) is 82.9 cm³/mol. The molecule has 0 bridgehead atoms. The molecule has 0 saturated carbocycles. The highest BCUT2D eigenvalue weighted by Crippen LogP contribution is 2.15. The molecule has 1 heterocycles. The van der Waals surface area contributed by atoms with Crippen molar-refractivity contribution in [1.29, 1.82) is 0 Å². The van der Waals surface area contributed by atoms with Crippen LogP contribution in [0, 0.1) is 6.92 Å². The van der Waals surface area contributed by atoms with E-state index in [2.05, 4.69) is 19.1 Å². The van der Waals surface area contributed by atoms with Crippen molar-refractivity contribution < 1.29 is 9.59 Å². The van der Waals surface area contributed by atoms with Crippen molar-refractivity contribution in [2.24, 2.45) is 0 Å². The molecule has 1 saturated heterocycles. The maximum absolute atomic E-state index is 12.3. The summed E-state index contributed by atoms with van der Waals surface area (Å²) >= 11 is 0. The van der Waals surface area contributed by atoms with Gasteiger partial charge in [0.2, 0.25) is 5.91 Å². The maximum atomic E-state index is 12.3. The van der Waals surface area contributed by atoms with Crippen molar-refractivity contribution in [2.75, 3.05) is 20.1 Å². The Balaban J connectivity index is 1.89. The lowest BCUT2D eigenvalue weighted by molar-refractivity contribution is -0.133. The number of likely N-dealkylation sites (N-methyl/N-ethyl adjacent to an activating group) is 1. The molecule has 0 spiro atoms. The largest absolute Gasteiger partial charge is 0.340 e. The van der Waals surface area contributed by atoms with E-state index < -0.39 is 0 Å². The Labute approximate surface area is 126 Å². The molecule has 2 rings (SSSR count). The average molecular weight is 288 g/mol. The van der Waals surface area contributed by atoms with Crippen LogP contribution in [0.25, 0.3) is 0 Å². The zero-order valence-corrected chi connectivity index (χ0v) is 12.9. The van der Waals surface area contributed by atoms with E-state index in [-0.39, 0.29) is 11.9 Å².